The lowest BCUT2D eigenvalue weighted by molar-refractivity contribution is -0.254. The van der Waals surface area contributed by atoms with Crippen LogP contribution in [-0.2, 0) is 49.3 Å². The Morgan fingerprint density at radius 3 is 2.09 bits per heavy atom. The second-order valence-corrected chi connectivity index (χ2v) is 10.7. The van der Waals surface area contributed by atoms with Crippen LogP contribution in [0.5, 0.6) is 0 Å². The third-order valence-corrected chi connectivity index (χ3v) is 7.37. The standard InChI is InChI=1S/C34H33NO10/c1-19(36)41-18-30-32(42-20(2)37)34(44-22(4)39)33(43-21(3)38)31(45-30)26-9-10-28-25(16-26)11-13-35-29(28)15-23-5-7-24(8-6-23)27-12-14-40-17-27/h5-14,16-17,30-34H,15,18H2,1-4H3/t30-,31+,32-,33+,34+/m1/s1. The van der Waals surface area contributed by atoms with Crippen LogP contribution >= 0.6 is 0 Å². The number of hydrogen-bond donors (Lipinski definition) is 0. The summed E-state index contributed by atoms with van der Waals surface area (Å²) >= 11 is 0. The summed E-state index contributed by atoms with van der Waals surface area (Å²) in [5.41, 5.74) is 4.58. The Kier molecular flexibility index (Phi) is 9.58. The Labute approximate surface area is 259 Å². The topological polar surface area (TPSA) is 140 Å². The van der Waals surface area contributed by atoms with Gasteiger partial charge in [-0.15, -0.1) is 0 Å². The van der Waals surface area contributed by atoms with Gasteiger partial charge in [-0.25, -0.2) is 0 Å². The molecule has 0 bridgehead atoms. The molecule has 3 heterocycles. The third kappa shape index (κ3) is 7.55. The van der Waals surface area contributed by atoms with Crippen molar-refractivity contribution in [3.8, 4) is 11.1 Å². The number of nitrogens with zero attached hydrogens (tertiary/aromatic N) is 1. The first-order valence-electron chi connectivity index (χ1n) is 14.4. The summed E-state index contributed by atoms with van der Waals surface area (Å²) in [7, 11) is 0. The molecule has 5 rings (SSSR count). The van der Waals surface area contributed by atoms with Crippen molar-refractivity contribution in [3.63, 3.8) is 0 Å². The molecule has 11 nitrogen and oxygen atoms in total. The molecule has 0 unspecified atom stereocenters. The second-order valence-electron chi connectivity index (χ2n) is 10.7. The highest BCUT2D eigenvalue weighted by atomic mass is 16.7. The Hall–Kier alpha value is -5.03. The van der Waals surface area contributed by atoms with Gasteiger partial charge in [0.2, 0.25) is 0 Å². The SMILES string of the molecule is CC(=O)OC[C@H]1O[C@@H](c2ccc3c(Cc4ccc(-c5ccoc5)cc4)nccc3c2)[C@H](OC(C)=O)[C@@H](OC(C)=O)[C@@H]1OC(C)=O. The second kappa shape index (κ2) is 13.7. The van der Waals surface area contributed by atoms with E-state index in [-0.39, 0.29) is 6.61 Å². The molecule has 0 N–H and O–H groups in total. The van der Waals surface area contributed by atoms with Gasteiger partial charge in [-0.3, -0.25) is 24.2 Å². The first kappa shape index (κ1) is 31.4. The number of pyridine rings is 1. The van der Waals surface area contributed by atoms with Crippen molar-refractivity contribution in [2.75, 3.05) is 6.61 Å². The highest BCUT2D eigenvalue weighted by Crippen LogP contribution is 2.39. The summed E-state index contributed by atoms with van der Waals surface area (Å²) in [5, 5.41) is 1.76. The fourth-order valence-electron chi connectivity index (χ4n) is 5.51. The minimum atomic E-state index is -1.25. The molecule has 2 aromatic carbocycles. The minimum Gasteiger partial charge on any atom is -0.472 e. The van der Waals surface area contributed by atoms with Gasteiger partial charge in [0.1, 0.15) is 18.8 Å². The Bertz CT molecular complexity index is 1680. The lowest BCUT2D eigenvalue weighted by Gasteiger charge is -2.44. The van der Waals surface area contributed by atoms with Crippen molar-refractivity contribution in [1.82, 2.24) is 4.98 Å². The predicted octanol–water partition coefficient (Wildman–Crippen LogP) is 4.88. The van der Waals surface area contributed by atoms with E-state index in [2.05, 4.69) is 17.1 Å². The van der Waals surface area contributed by atoms with E-state index in [0.717, 1.165) is 33.2 Å². The van der Waals surface area contributed by atoms with Crippen LogP contribution in [0.1, 0.15) is 50.6 Å². The maximum atomic E-state index is 12.3. The molecule has 5 atom stereocenters. The maximum Gasteiger partial charge on any atom is 0.303 e. The Morgan fingerprint density at radius 2 is 1.44 bits per heavy atom. The number of esters is 4. The largest absolute Gasteiger partial charge is 0.472 e. The lowest BCUT2D eigenvalue weighted by Crippen LogP contribution is -2.59. The zero-order valence-electron chi connectivity index (χ0n) is 25.3. The summed E-state index contributed by atoms with van der Waals surface area (Å²) in [6.07, 6.45) is -0.0168. The Morgan fingerprint density at radius 1 is 0.756 bits per heavy atom. The number of fused-ring (bicyclic) bond motifs is 1. The van der Waals surface area contributed by atoms with Crippen molar-refractivity contribution in [1.29, 1.82) is 0 Å². The van der Waals surface area contributed by atoms with Crippen LogP contribution in [0.2, 0.25) is 0 Å². The zero-order chi connectivity index (χ0) is 32.1. The molecule has 0 aliphatic carbocycles. The van der Waals surface area contributed by atoms with Crippen LogP contribution in [-0.4, -0.2) is 59.9 Å². The number of furan rings is 1. The lowest BCUT2D eigenvalue weighted by atomic mass is 9.89. The average molecular weight is 616 g/mol. The van der Waals surface area contributed by atoms with Crippen LogP contribution < -0.4 is 0 Å². The number of benzene rings is 2. The van der Waals surface area contributed by atoms with Gasteiger partial charge in [-0.2, -0.15) is 0 Å². The van der Waals surface area contributed by atoms with E-state index < -0.39 is 54.4 Å². The molecule has 2 aromatic heterocycles. The minimum absolute atomic E-state index is 0.296. The molecule has 0 radical (unpaired) electrons. The van der Waals surface area contributed by atoms with E-state index in [9.17, 15) is 19.2 Å². The molecule has 1 saturated heterocycles. The number of ether oxygens (including phenoxy) is 5. The predicted molar refractivity (Wildman–Crippen MR) is 160 cm³/mol. The third-order valence-electron chi connectivity index (χ3n) is 7.37. The Balaban J connectivity index is 1.49. The average Bonchev–Trinajstić information content (AvgIpc) is 3.53. The molecule has 234 valence electrons. The molecule has 45 heavy (non-hydrogen) atoms. The first-order valence-corrected chi connectivity index (χ1v) is 14.4. The fraction of sp³-hybridized carbons (Fsp3) is 0.324. The molecule has 4 aromatic rings. The summed E-state index contributed by atoms with van der Waals surface area (Å²) < 4.78 is 33.4. The van der Waals surface area contributed by atoms with Crippen LogP contribution in [0, 0.1) is 0 Å². The summed E-state index contributed by atoms with van der Waals surface area (Å²) in [5.74, 6) is -2.61. The zero-order valence-corrected chi connectivity index (χ0v) is 25.3. The molecule has 1 aliphatic heterocycles. The van der Waals surface area contributed by atoms with E-state index >= 15 is 0 Å². The summed E-state index contributed by atoms with van der Waals surface area (Å²) in [6, 6.07) is 17.5. The van der Waals surface area contributed by atoms with E-state index in [1.165, 1.54) is 27.7 Å². The van der Waals surface area contributed by atoms with Gasteiger partial charge >= 0.3 is 23.9 Å². The number of carbonyl (C=O) groups is 4. The van der Waals surface area contributed by atoms with Crippen LogP contribution in [0.25, 0.3) is 21.9 Å². The van der Waals surface area contributed by atoms with Crippen molar-refractivity contribution in [2.24, 2.45) is 0 Å². The van der Waals surface area contributed by atoms with Crippen LogP contribution in [0.4, 0.5) is 0 Å². The van der Waals surface area contributed by atoms with Crippen molar-refractivity contribution in [3.05, 3.63) is 90.1 Å². The number of rotatable bonds is 9. The number of aromatic nitrogens is 1. The maximum absolute atomic E-state index is 12.3. The monoisotopic (exact) mass is 615 g/mol. The van der Waals surface area contributed by atoms with E-state index in [0.29, 0.717) is 12.0 Å². The van der Waals surface area contributed by atoms with Crippen molar-refractivity contribution >= 4 is 34.6 Å². The first-order chi connectivity index (χ1) is 21.6. The molecule has 0 amide bonds. The molecular weight excluding hydrogens is 582 g/mol. The molecule has 0 saturated carbocycles. The van der Waals surface area contributed by atoms with Crippen LogP contribution in [0.3, 0.4) is 0 Å². The van der Waals surface area contributed by atoms with Gasteiger partial charge in [0.05, 0.1) is 18.2 Å². The molecule has 1 fully saturated rings. The number of carbonyl (C=O) groups excluding carboxylic acids is 4. The van der Waals surface area contributed by atoms with Gasteiger partial charge in [-0.05, 0) is 40.3 Å². The van der Waals surface area contributed by atoms with E-state index in [1.807, 2.05) is 42.5 Å². The summed E-state index contributed by atoms with van der Waals surface area (Å²) in [6.45, 7) is 4.53. The normalized spacial score (nSPS) is 21.1. The van der Waals surface area contributed by atoms with Crippen LogP contribution in [0.15, 0.2) is 77.7 Å². The highest BCUT2D eigenvalue weighted by Gasteiger charge is 2.52. The van der Waals surface area contributed by atoms with Gasteiger partial charge in [0.25, 0.3) is 0 Å². The van der Waals surface area contributed by atoms with Gasteiger partial charge in [0, 0.05) is 51.3 Å². The van der Waals surface area contributed by atoms with E-state index in [1.54, 1.807) is 18.7 Å². The van der Waals surface area contributed by atoms with Gasteiger partial charge < -0.3 is 28.1 Å². The fourth-order valence-corrected chi connectivity index (χ4v) is 5.51. The molecule has 0 spiro atoms. The molecular formula is C34H33NO10. The summed E-state index contributed by atoms with van der Waals surface area (Å²) in [4.78, 5) is 52.8. The quantitative estimate of drug-likeness (QED) is 0.188. The van der Waals surface area contributed by atoms with E-state index in [4.69, 9.17) is 28.1 Å². The molecule has 1 aliphatic rings. The highest BCUT2D eigenvalue weighted by molar-refractivity contribution is 5.85. The van der Waals surface area contributed by atoms with Crippen molar-refractivity contribution < 1.29 is 47.3 Å². The van der Waals surface area contributed by atoms with Gasteiger partial charge in [-0.1, -0.05) is 36.4 Å². The van der Waals surface area contributed by atoms with Gasteiger partial charge in [0.15, 0.2) is 18.3 Å². The van der Waals surface area contributed by atoms with Crippen molar-refractivity contribution in [2.45, 2.75) is 64.6 Å². The smallest absolute Gasteiger partial charge is 0.303 e. The molecule has 11 heteroatoms. The number of hydrogen-bond acceptors (Lipinski definition) is 11.